The van der Waals surface area contributed by atoms with E-state index in [4.69, 9.17) is 21.1 Å². The number of para-hydroxylation sites is 2. The van der Waals surface area contributed by atoms with Crippen LogP contribution in [0.5, 0.6) is 11.8 Å². The minimum atomic E-state index is -2.61. The maximum absolute atomic E-state index is 14.2. The average molecular weight is 731 g/mol. The molecule has 4 aromatic rings. The van der Waals surface area contributed by atoms with Crippen molar-refractivity contribution in [1.82, 2.24) is 25.5 Å². The van der Waals surface area contributed by atoms with Gasteiger partial charge in [-0.05, 0) is 76.4 Å². The Kier molecular flexibility index (Phi) is 12.9. The maximum Gasteiger partial charge on any atom is 0.342 e. The molecule has 1 heterocycles. The molecule has 0 radical (unpaired) electrons. The van der Waals surface area contributed by atoms with Crippen LogP contribution >= 0.6 is 11.6 Å². The number of rotatable bonds is 18. The van der Waals surface area contributed by atoms with Crippen molar-refractivity contribution >= 4 is 34.9 Å². The van der Waals surface area contributed by atoms with E-state index < -0.39 is 22.2 Å². The minimum Gasteiger partial charge on any atom is -0.493 e. The number of halogens is 1. The lowest BCUT2D eigenvalue weighted by molar-refractivity contribution is -0.145. The monoisotopic (exact) mass is 730 g/mol. The number of Topliss-reactive ketones (excluding diaryl/α,β-unsaturated/α-hetero) is 1. The summed E-state index contributed by atoms with van der Waals surface area (Å²) in [5.41, 5.74) is 1.95. The van der Waals surface area contributed by atoms with E-state index >= 15 is 0 Å². The minimum absolute atomic E-state index is 0.0457. The van der Waals surface area contributed by atoms with Crippen molar-refractivity contribution in [3.63, 3.8) is 0 Å². The molecule has 11 nitrogen and oxygen atoms in total. The smallest absolute Gasteiger partial charge is 0.342 e. The Labute approximate surface area is 311 Å². The van der Waals surface area contributed by atoms with Crippen molar-refractivity contribution in [2.45, 2.75) is 97.0 Å². The van der Waals surface area contributed by atoms with Crippen LogP contribution in [0.2, 0.25) is 0 Å². The van der Waals surface area contributed by atoms with Crippen molar-refractivity contribution in [1.29, 1.82) is 0 Å². The fourth-order valence-electron chi connectivity index (χ4n) is 5.37. The predicted molar refractivity (Wildman–Crippen MR) is 203 cm³/mol. The van der Waals surface area contributed by atoms with Gasteiger partial charge in [0.05, 0.1) is 12.3 Å². The normalized spacial score (nSPS) is 13.2. The van der Waals surface area contributed by atoms with E-state index in [2.05, 4.69) is 79.8 Å². The van der Waals surface area contributed by atoms with E-state index in [9.17, 15) is 14.4 Å². The zero-order valence-electron chi connectivity index (χ0n) is 31.5. The van der Waals surface area contributed by atoms with Gasteiger partial charge in [-0.2, -0.15) is 4.68 Å². The summed E-state index contributed by atoms with van der Waals surface area (Å²) in [4.78, 5) is 41.0. The summed E-state index contributed by atoms with van der Waals surface area (Å²) in [5.74, 6) is -1.20. The Morgan fingerprint density at radius 2 is 1.48 bits per heavy atom. The molecule has 12 heteroatoms. The number of hydrogen-bond donors (Lipinski definition) is 2. The van der Waals surface area contributed by atoms with E-state index in [0.29, 0.717) is 24.4 Å². The number of ketones is 1. The summed E-state index contributed by atoms with van der Waals surface area (Å²) in [6.45, 7) is 16.7. The van der Waals surface area contributed by atoms with Crippen LogP contribution < -0.4 is 20.1 Å². The molecule has 0 bridgehead atoms. The van der Waals surface area contributed by atoms with Crippen molar-refractivity contribution in [3.8, 4) is 17.4 Å². The molecule has 278 valence electrons. The molecule has 1 aromatic heterocycles. The van der Waals surface area contributed by atoms with E-state index in [1.54, 1.807) is 68.4 Å². The van der Waals surface area contributed by atoms with Crippen LogP contribution in [-0.2, 0) is 25.2 Å². The Balaban J connectivity index is 1.43. The molecule has 1 atom stereocenters. The molecule has 0 spiro atoms. The zero-order valence-corrected chi connectivity index (χ0v) is 32.2. The number of tetrazole rings is 1. The van der Waals surface area contributed by atoms with Gasteiger partial charge in [-0.1, -0.05) is 121 Å². The maximum atomic E-state index is 14.2. The van der Waals surface area contributed by atoms with Gasteiger partial charge < -0.3 is 20.1 Å². The Morgan fingerprint density at radius 3 is 2.12 bits per heavy atom. The quantitative estimate of drug-likeness (QED) is 0.0608. The summed E-state index contributed by atoms with van der Waals surface area (Å²) in [6, 6.07) is 23.5. The van der Waals surface area contributed by atoms with Gasteiger partial charge in [0.15, 0.2) is 0 Å². The van der Waals surface area contributed by atoms with Gasteiger partial charge in [0.1, 0.15) is 5.75 Å². The molecule has 1 unspecified atom stereocenters. The molecule has 0 aliphatic rings. The fraction of sp³-hybridized carbons (Fsp3) is 0.450. The number of ether oxygens (including phenoxy) is 2. The second-order valence-corrected chi connectivity index (χ2v) is 15.4. The first-order chi connectivity index (χ1) is 24.5. The molecule has 2 N–H and O–H groups in total. The third-order valence-electron chi connectivity index (χ3n) is 9.70. The predicted octanol–water partition coefficient (Wildman–Crippen LogP) is 7.56. The van der Waals surface area contributed by atoms with Gasteiger partial charge in [0, 0.05) is 29.6 Å². The van der Waals surface area contributed by atoms with Gasteiger partial charge in [0.25, 0.3) is 5.91 Å². The second-order valence-electron chi connectivity index (χ2n) is 14.9. The van der Waals surface area contributed by atoms with Gasteiger partial charge in [-0.15, -0.1) is 0 Å². The zero-order chi connectivity index (χ0) is 38.2. The second kappa shape index (κ2) is 16.7. The number of alkyl halides is 1. The van der Waals surface area contributed by atoms with Crippen molar-refractivity contribution in [2.75, 3.05) is 18.5 Å². The molecule has 0 saturated carbocycles. The van der Waals surface area contributed by atoms with Crippen LogP contribution in [0.3, 0.4) is 0 Å². The first-order valence-electron chi connectivity index (χ1n) is 17.7. The molecule has 0 aliphatic carbocycles. The Morgan fingerprint density at radius 1 is 0.846 bits per heavy atom. The van der Waals surface area contributed by atoms with E-state index in [1.807, 2.05) is 12.1 Å². The van der Waals surface area contributed by atoms with Crippen LogP contribution in [0, 0.1) is 5.41 Å². The summed E-state index contributed by atoms with van der Waals surface area (Å²) in [6.07, 6.45) is 2.59. The number of nitrogens with one attached hydrogen (secondary N) is 2. The van der Waals surface area contributed by atoms with Crippen LogP contribution in [0.4, 0.5) is 5.69 Å². The molecule has 0 aliphatic heterocycles. The van der Waals surface area contributed by atoms with E-state index in [-0.39, 0.29) is 35.7 Å². The largest absolute Gasteiger partial charge is 0.493 e. The van der Waals surface area contributed by atoms with Gasteiger partial charge >= 0.3 is 11.1 Å². The SMILES string of the molecule is CCC(C)(C)c1ccc(OCCCC(=O)NCC(C)(C)C(=O)C(Cl)(Oc2nnnn2-c2ccccc2)C(=O)Nc2ccccc2)c(C(C)(C)CC)c1. The highest BCUT2D eigenvalue weighted by molar-refractivity contribution is 6.47. The number of benzene rings is 3. The van der Waals surface area contributed by atoms with Crippen LogP contribution in [0.15, 0.2) is 78.9 Å². The Bertz CT molecular complexity index is 1830. The summed E-state index contributed by atoms with van der Waals surface area (Å²) >= 11 is 6.88. The first-order valence-corrected chi connectivity index (χ1v) is 18.1. The topological polar surface area (TPSA) is 137 Å². The van der Waals surface area contributed by atoms with Crippen molar-refractivity contribution in [2.24, 2.45) is 5.41 Å². The number of carbonyl (C=O) groups excluding carboxylic acids is 3. The molecule has 0 fully saturated rings. The third-order valence-corrected chi connectivity index (χ3v) is 10.1. The molecule has 2 amide bonds. The van der Waals surface area contributed by atoms with Crippen LogP contribution in [0.25, 0.3) is 5.69 Å². The highest BCUT2D eigenvalue weighted by atomic mass is 35.5. The molecule has 0 saturated heterocycles. The molecular formula is C40H51ClN6O5. The number of nitrogens with zero attached hydrogens (tertiary/aromatic N) is 4. The third kappa shape index (κ3) is 9.56. The van der Waals surface area contributed by atoms with Gasteiger partial charge in [-0.25, -0.2) is 0 Å². The molecular weight excluding hydrogens is 680 g/mol. The van der Waals surface area contributed by atoms with E-state index in [1.165, 1.54) is 10.2 Å². The summed E-state index contributed by atoms with van der Waals surface area (Å²) in [5, 5.41) is 14.4. The highest BCUT2D eigenvalue weighted by Crippen LogP contribution is 2.39. The standard InChI is InChI=1S/C40H51ClN6O5/c1-9-37(3,4)28-23-24-32(31(26-28)38(5,6)10-2)51-25-17-22-33(48)42-27-39(7,8)34(49)40(41,35(50)43-29-18-13-11-14-19-29)52-36-44-45-46-47(36)30-20-15-12-16-21-30/h11-16,18-21,23-24,26H,9-10,17,22,25,27H2,1-8H3,(H,42,48)(H,43,50). The summed E-state index contributed by atoms with van der Waals surface area (Å²) in [7, 11) is 0. The average Bonchev–Trinajstić information content (AvgIpc) is 3.60. The van der Waals surface area contributed by atoms with Crippen molar-refractivity contribution < 1.29 is 23.9 Å². The van der Waals surface area contributed by atoms with Gasteiger partial charge in [-0.3, -0.25) is 14.4 Å². The number of aromatic nitrogens is 4. The molecule has 3 aromatic carbocycles. The summed E-state index contributed by atoms with van der Waals surface area (Å²) < 4.78 is 13.4. The first kappa shape index (κ1) is 40.0. The Hall–Kier alpha value is -4.77. The lowest BCUT2D eigenvalue weighted by atomic mass is 9.76. The van der Waals surface area contributed by atoms with Crippen LogP contribution in [-0.4, -0.2) is 56.0 Å². The van der Waals surface area contributed by atoms with Gasteiger partial charge in [0.2, 0.25) is 11.7 Å². The number of hydrogen-bond acceptors (Lipinski definition) is 8. The fourth-order valence-corrected chi connectivity index (χ4v) is 5.74. The number of carbonyl (C=O) groups is 3. The lowest BCUT2D eigenvalue weighted by Crippen LogP contribution is -2.57. The molecule has 4 rings (SSSR count). The van der Waals surface area contributed by atoms with Crippen molar-refractivity contribution in [3.05, 3.63) is 90.0 Å². The highest BCUT2D eigenvalue weighted by Gasteiger charge is 2.54. The van der Waals surface area contributed by atoms with E-state index in [0.717, 1.165) is 24.2 Å². The number of anilines is 1. The van der Waals surface area contributed by atoms with Crippen LogP contribution in [0.1, 0.15) is 92.2 Å². The molecule has 52 heavy (non-hydrogen) atoms. The lowest BCUT2D eigenvalue weighted by Gasteiger charge is -2.32. The number of amides is 2.